The minimum Gasteiger partial charge on any atom is -0.497 e. The molecule has 0 heterocycles. The number of ether oxygens (including phenoxy) is 1. The Morgan fingerprint density at radius 1 is 1.28 bits per heavy atom. The van der Waals surface area contributed by atoms with E-state index in [1.54, 1.807) is 7.11 Å². The van der Waals surface area contributed by atoms with Crippen LogP contribution in [-0.4, -0.2) is 18.3 Å². The molecule has 0 aliphatic heterocycles. The summed E-state index contributed by atoms with van der Waals surface area (Å²) >= 11 is 3.59. The third-order valence-electron chi connectivity index (χ3n) is 3.85. The van der Waals surface area contributed by atoms with E-state index in [4.69, 9.17) is 4.74 Å². The molecule has 1 N–H and O–H groups in total. The van der Waals surface area contributed by atoms with Gasteiger partial charge < -0.3 is 9.84 Å². The summed E-state index contributed by atoms with van der Waals surface area (Å²) in [5.41, 5.74) is 1.24. The van der Waals surface area contributed by atoms with Gasteiger partial charge in [0.1, 0.15) is 5.75 Å². The number of hydrogen-bond acceptors (Lipinski definition) is 2. The number of aliphatic hydroxyl groups excluding tert-OH is 1. The summed E-state index contributed by atoms with van der Waals surface area (Å²) in [7, 11) is 1.69. The van der Waals surface area contributed by atoms with Crippen LogP contribution in [0.2, 0.25) is 0 Å². The average Bonchev–Trinajstić information content (AvgIpc) is 2.58. The molecule has 2 nitrogen and oxygen atoms in total. The van der Waals surface area contributed by atoms with Crippen molar-refractivity contribution in [2.75, 3.05) is 7.11 Å². The van der Waals surface area contributed by atoms with Crippen LogP contribution in [0.15, 0.2) is 22.7 Å². The molecule has 1 aliphatic carbocycles. The molecule has 1 fully saturated rings. The van der Waals surface area contributed by atoms with Gasteiger partial charge in [0, 0.05) is 4.47 Å². The first kappa shape index (κ1) is 13.9. The lowest BCUT2D eigenvalue weighted by atomic mass is 9.90. The lowest BCUT2D eigenvalue weighted by molar-refractivity contribution is 0.100. The van der Waals surface area contributed by atoms with Gasteiger partial charge in [0.2, 0.25) is 0 Å². The number of hydrogen-bond donors (Lipinski definition) is 1. The molecule has 18 heavy (non-hydrogen) atoms. The summed E-state index contributed by atoms with van der Waals surface area (Å²) < 4.78 is 6.38. The van der Waals surface area contributed by atoms with E-state index >= 15 is 0 Å². The zero-order valence-corrected chi connectivity index (χ0v) is 12.4. The SMILES string of the molecule is COc1ccc(Br)c(CC2CCCCCC2O)c1. The molecule has 1 aromatic rings. The third-order valence-corrected chi connectivity index (χ3v) is 4.63. The zero-order valence-electron chi connectivity index (χ0n) is 10.9. The van der Waals surface area contributed by atoms with Crippen molar-refractivity contribution in [2.45, 2.75) is 44.6 Å². The molecule has 0 bridgehead atoms. The summed E-state index contributed by atoms with van der Waals surface area (Å²) in [6, 6.07) is 6.05. The molecular formula is C15H21BrO2. The maximum Gasteiger partial charge on any atom is 0.119 e. The summed E-state index contributed by atoms with van der Waals surface area (Å²) in [5.74, 6) is 1.27. The lowest BCUT2D eigenvalue weighted by Gasteiger charge is -2.21. The van der Waals surface area contributed by atoms with Crippen LogP contribution < -0.4 is 4.74 Å². The number of rotatable bonds is 3. The van der Waals surface area contributed by atoms with Gasteiger partial charge in [-0.05, 0) is 48.9 Å². The molecule has 2 unspecified atom stereocenters. The molecule has 1 saturated carbocycles. The first-order chi connectivity index (χ1) is 8.70. The van der Waals surface area contributed by atoms with Gasteiger partial charge in [-0.3, -0.25) is 0 Å². The van der Waals surface area contributed by atoms with Crippen LogP contribution >= 0.6 is 15.9 Å². The Hall–Kier alpha value is -0.540. The monoisotopic (exact) mass is 312 g/mol. The van der Waals surface area contributed by atoms with Crippen LogP contribution in [0.4, 0.5) is 0 Å². The quantitative estimate of drug-likeness (QED) is 0.857. The molecule has 0 spiro atoms. The first-order valence-electron chi connectivity index (χ1n) is 6.71. The van der Waals surface area contributed by atoms with Gasteiger partial charge in [-0.2, -0.15) is 0 Å². The Kier molecular flexibility index (Phi) is 5.07. The predicted octanol–water partition coefficient (Wildman–Crippen LogP) is 3.94. The van der Waals surface area contributed by atoms with Crippen LogP contribution in [0, 0.1) is 5.92 Å². The molecule has 1 aliphatic rings. The van der Waals surface area contributed by atoms with Crippen molar-refractivity contribution in [2.24, 2.45) is 5.92 Å². The Bertz CT molecular complexity index is 392. The summed E-state index contributed by atoms with van der Waals surface area (Å²) in [4.78, 5) is 0. The second-order valence-corrected chi connectivity index (χ2v) is 5.98. The molecule has 0 radical (unpaired) electrons. The highest BCUT2D eigenvalue weighted by molar-refractivity contribution is 9.10. The first-order valence-corrected chi connectivity index (χ1v) is 7.50. The predicted molar refractivity (Wildman–Crippen MR) is 77.0 cm³/mol. The number of methoxy groups -OCH3 is 1. The van der Waals surface area contributed by atoms with Crippen molar-refractivity contribution < 1.29 is 9.84 Å². The summed E-state index contributed by atoms with van der Waals surface area (Å²) in [5, 5.41) is 10.2. The van der Waals surface area contributed by atoms with Gasteiger partial charge in [-0.15, -0.1) is 0 Å². The zero-order chi connectivity index (χ0) is 13.0. The van der Waals surface area contributed by atoms with Crippen molar-refractivity contribution in [3.05, 3.63) is 28.2 Å². The standard InChI is InChI=1S/C15H21BrO2/c1-18-13-7-8-14(16)12(10-13)9-11-5-3-2-4-6-15(11)17/h7-8,10-11,15,17H,2-6,9H2,1H3. The van der Waals surface area contributed by atoms with Crippen molar-refractivity contribution in [3.8, 4) is 5.75 Å². The van der Waals surface area contributed by atoms with Crippen molar-refractivity contribution in [1.29, 1.82) is 0 Å². The molecule has 2 rings (SSSR count). The molecule has 2 atom stereocenters. The second kappa shape index (κ2) is 6.58. The Morgan fingerprint density at radius 3 is 2.83 bits per heavy atom. The molecule has 3 heteroatoms. The fraction of sp³-hybridized carbons (Fsp3) is 0.600. The summed E-state index contributed by atoms with van der Waals surface area (Å²) in [6.07, 6.45) is 6.52. The van der Waals surface area contributed by atoms with E-state index < -0.39 is 0 Å². The van der Waals surface area contributed by atoms with E-state index in [2.05, 4.69) is 22.0 Å². The molecular weight excluding hydrogens is 292 g/mol. The van der Waals surface area contributed by atoms with Crippen LogP contribution in [0.25, 0.3) is 0 Å². The Balaban J connectivity index is 2.11. The minimum atomic E-state index is -0.148. The molecule has 0 saturated heterocycles. The number of aliphatic hydroxyl groups is 1. The number of halogens is 1. The molecule has 0 aromatic heterocycles. The van der Waals surface area contributed by atoms with Crippen molar-refractivity contribution in [3.63, 3.8) is 0 Å². The normalized spacial score (nSPS) is 24.6. The van der Waals surface area contributed by atoms with Gasteiger partial charge in [0.05, 0.1) is 13.2 Å². The van der Waals surface area contributed by atoms with Crippen LogP contribution in [0.5, 0.6) is 5.75 Å². The highest BCUT2D eigenvalue weighted by Gasteiger charge is 2.22. The van der Waals surface area contributed by atoms with E-state index in [1.807, 2.05) is 12.1 Å². The van der Waals surface area contributed by atoms with Crippen LogP contribution in [-0.2, 0) is 6.42 Å². The van der Waals surface area contributed by atoms with E-state index in [0.717, 1.165) is 35.9 Å². The molecule has 100 valence electrons. The van der Waals surface area contributed by atoms with Gasteiger partial charge in [0.15, 0.2) is 0 Å². The second-order valence-electron chi connectivity index (χ2n) is 5.13. The van der Waals surface area contributed by atoms with E-state index in [-0.39, 0.29) is 6.10 Å². The fourth-order valence-electron chi connectivity index (χ4n) is 2.72. The largest absolute Gasteiger partial charge is 0.497 e. The molecule has 1 aromatic carbocycles. The van der Waals surface area contributed by atoms with Crippen LogP contribution in [0.1, 0.15) is 37.7 Å². The number of benzene rings is 1. The summed E-state index contributed by atoms with van der Waals surface area (Å²) in [6.45, 7) is 0. The smallest absolute Gasteiger partial charge is 0.119 e. The van der Waals surface area contributed by atoms with Gasteiger partial charge in [-0.25, -0.2) is 0 Å². The van der Waals surface area contributed by atoms with Crippen molar-refractivity contribution >= 4 is 15.9 Å². The minimum absolute atomic E-state index is 0.148. The Labute approximate surface area is 117 Å². The van der Waals surface area contributed by atoms with Gasteiger partial charge >= 0.3 is 0 Å². The van der Waals surface area contributed by atoms with Gasteiger partial charge in [0.25, 0.3) is 0 Å². The topological polar surface area (TPSA) is 29.5 Å². The molecule has 0 amide bonds. The highest BCUT2D eigenvalue weighted by atomic mass is 79.9. The maximum absolute atomic E-state index is 10.2. The van der Waals surface area contributed by atoms with E-state index in [0.29, 0.717) is 5.92 Å². The fourth-order valence-corrected chi connectivity index (χ4v) is 3.13. The average molecular weight is 313 g/mol. The van der Waals surface area contributed by atoms with Crippen molar-refractivity contribution in [1.82, 2.24) is 0 Å². The Morgan fingerprint density at radius 2 is 2.06 bits per heavy atom. The van der Waals surface area contributed by atoms with E-state index in [9.17, 15) is 5.11 Å². The third kappa shape index (κ3) is 3.48. The van der Waals surface area contributed by atoms with Gasteiger partial charge in [-0.1, -0.05) is 35.2 Å². The van der Waals surface area contributed by atoms with E-state index in [1.165, 1.54) is 18.4 Å². The van der Waals surface area contributed by atoms with Crippen LogP contribution in [0.3, 0.4) is 0 Å². The maximum atomic E-state index is 10.2. The lowest BCUT2D eigenvalue weighted by Crippen LogP contribution is -2.21. The highest BCUT2D eigenvalue weighted by Crippen LogP contribution is 2.30.